The van der Waals surface area contributed by atoms with Crippen molar-refractivity contribution in [3.8, 4) is 0 Å². The highest BCUT2D eigenvalue weighted by molar-refractivity contribution is 7.89. The minimum absolute atomic E-state index is 0.0760. The fourth-order valence-electron chi connectivity index (χ4n) is 2.94. The average Bonchev–Trinajstić information content (AvgIpc) is 2.62. The van der Waals surface area contributed by atoms with Crippen LogP contribution >= 0.6 is 0 Å². The van der Waals surface area contributed by atoms with Gasteiger partial charge >= 0.3 is 0 Å². The molecule has 0 atom stereocenters. The fourth-order valence-corrected chi connectivity index (χ4v) is 4.41. The summed E-state index contributed by atoms with van der Waals surface area (Å²) in [6.45, 7) is 1.04. The maximum atomic E-state index is 13.0. The van der Waals surface area contributed by atoms with E-state index in [-0.39, 0.29) is 24.6 Å². The first-order chi connectivity index (χ1) is 11.6. The van der Waals surface area contributed by atoms with Crippen LogP contribution in [0.2, 0.25) is 0 Å². The first-order valence-corrected chi connectivity index (χ1v) is 9.57. The summed E-state index contributed by atoms with van der Waals surface area (Å²) in [5.41, 5.74) is 2.94. The second-order valence-electron chi connectivity index (χ2n) is 5.90. The van der Waals surface area contributed by atoms with E-state index in [1.54, 1.807) is 12.1 Å². The second-order valence-corrected chi connectivity index (χ2v) is 7.84. The molecule has 6 heteroatoms. The summed E-state index contributed by atoms with van der Waals surface area (Å²) in [7, 11) is -3.65. The molecule has 1 aliphatic rings. The molecule has 5 nitrogen and oxygen atoms in total. The zero-order valence-corrected chi connectivity index (χ0v) is 14.3. The SMILES string of the molecule is O=S(=O)(c1ccc2c(c1)CCCN2)N(CCO)Cc1ccccc1. The molecule has 0 spiro atoms. The van der Waals surface area contributed by atoms with Crippen molar-refractivity contribution in [2.45, 2.75) is 24.3 Å². The van der Waals surface area contributed by atoms with Crippen LogP contribution in [0.25, 0.3) is 0 Å². The molecule has 0 bridgehead atoms. The zero-order chi connectivity index (χ0) is 17.0. The number of aliphatic hydroxyl groups is 1. The molecule has 0 fully saturated rings. The van der Waals surface area contributed by atoms with Gasteiger partial charge in [-0.15, -0.1) is 0 Å². The van der Waals surface area contributed by atoms with E-state index in [1.807, 2.05) is 36.4 Å². The minimum Gasteiger partial charge on any atom is -0.395 e. The Morgan fingerprint density at radius 3 is 2.67 bits per heavy atom. The summed E-state index contributed by atoms with van der Waals surface area (Å²) in [6.07, 6.45) is 1.88. The summed E-state index contributed by atoms with van der Waals surface area (Å²) in [6, 6.07) is 14.7. The number of aliphatic hydroxyl groups excluding tert-OH is 1. The standard InChI is InChI=1S/C18H22N2O3S/c21-12-11-20(14-15-5-2-1-3-6-15)24(22,23)17-8-9-18-16(13-17)7-4-10-19-18/h1-3,5-6,8-9,13,19,21H,4,7,10-12,14H2. The molecule has 0 aromatic heterocycles. The summed E-state index contributed by atoms with van der Waals surface area (Å²) >= 11 is 0. The van der Waals surface area contributed by atoms with Crippen molar-refractivity contribution in [1.29, 1.82) is 0 Å². The number of aryl methyl sites for hydroxylation is 1. The van der Waals surface area contributed by atoms with Gasteiger partial charge in [0.25, 0.3) is 0 Å². The second kappa shape index (κ2) is 7.34. The fraction of sp³-hybridized carbons (Fsp3) is 0.333. The first kappa shape index (κ1) is 17.0. The van der Waals surface area contributed by atoms with Gasteiger partial charge in [-0.3, -0.25) is 0 Å². The lowest BCUT2D eigenvalue weighted by molar-refractivity contribution is 0.251. The molecule has 3 rings (SSSR count). The molecular formula is C18H22N2O3S. The van der Waals surface area contributed by atoms with Crippen LogP contribution in [0.1, 0.15) is 17.5 Å². The van der Waals surface area contributed by atoms with Crippen molar-refractivity contribution in [3.63, 3.8) is 0 Å². The molecule has 2 N–H and O–H groups in total. The highest BCUT2D eigenvalue weighted by Gasteiger charge is 2.25. The molecular weight excluding hydrogens is 324 g/mol. The minimum atomic E-state index is -3.65. The molecule has 0 amide bonds. The maximum Gasteiger partial charge on any atom is 0.243 e. The largest absolute Gasteiger partial charge is 0.395 e. The van der Waals surface area contributed by atoms with Gasteiger partial charge < -0.3 is 10.4 Å². The van der Waals surface area contributed by atoms with Crippen LogP contribution < -0.4 is 5.32 Å². The molecule has 0 aliphatic carbocycles. The predicted molar refractivity (Wildman–Crippen MR) is 94.4 cm³/mol. The molecule has 24 heavy (non-hydrogen) atoms. The van der Waals surface area contributed by atoms with Crippen molar-refractivity contribution < 1.29 is 13.5 Å². The van der Waals surface area contributed by atoms with Gasteiger partial charge in [0.15, 0.2) is 0 Å². The molecule has 0 unspecified atom stereocenters. The zero-order valence-electron chi connectivity index (χ0n) is 13.5. The van der Waals surface area contributed by atoms with E-state index >= 15 is 0 Å². The molecule has 0 radical (unpaired) electrons. The Bertz CT molecular complexity index is 791. The number of nitrogens with one attached hydrogen (secondary N) is 1. The summed E-state index contributed by atoms with van der Waals surface area (Å²) in [5.74, 6) is 0. The van der Waals surface area contributed by atoms with Gasteiger partial charge in [0.2, 0.25) is 10.0 Å². The van der Waals surface area contributed by atoms with Gasteiger partial charge in [0.1, 0.15) is 0 Å². The summed E-state index contributed by atoms with van der Waals surface area (Å²) in [5, 5.41) is 12.6. The third-order valence-corrected chi connectivity index (χ3v) is 6.05. The summed E-state index contributed by atoms with van der Waals surface area (Å²) in [4.78, 5) is 0.286. The van der Waals surface area contributed by atoms with Crippen LogP contribution in [0.4, 0.5) is 5.69 Å². The molecule has 0 saturated carbocycles. The highest BCUT2D eigenvalue weighted by Crippen LogP contribution is 2.27. The number of anilines is 1. The molecule has 2 aromatic carbocycles. The average molecular weight is 346 g/mol. The van der Waals surface area contributed by atoms with Crippen LogP contribution in [0.15, 0.2) is 53.4 Å². The van der Waals surface area contributed by atoms with Crippen LogP contribution in [0.5, 0.6) is 0 Å². The molecule has 128 valence electrons. The Balaban J connectivity index is 1.91. The van der Waals surface area contributed by atoms with E-state index in [0.717, 1.165) is 36.2 Å². The van der Waals surface area contributed by atoms with E-state index in [0.29, 0.717) is 0 Å². The van der Waals surface area contributed by atoms with Crippen molar-refractivity contribution >= 4 is 15.7 Å². The number of fused-ring (bicyclic) bond motifs is 1. The van der Waals surface area contributed by atoms with Crippen LogP contribution in [-0.4, -0.2) is 37.5 Å². The summed E-state index contributed by atoms with van der Waals surface area (Å²) < 4.78 is 27.3. The number of rotatable bonds is 6. The van der Waals surface area contributed by atoms with E-state index < -0.39 is 10.0 Å². The quantitative estimate of drug-likeness (QED) is 0.841. The number of nitrogens with zero attached hydrogens (tertiary/aromatic N) is 1. The number of hydrogen-bond donors (Lipinski definition) is 2. The van der Waals surface area contributed by atoms with Crippen molar-refractivity contribution in [1.82, 2.24) is 4.31 Å². The Hall–Kier alpha value is -1.89. The Labute approximate surface area is 143 Å². The molecule has 1 heterocycles. The molecule has 0 saturated heterocycles. The Morgan fingerprint density at radius 1 is 1.12 bits per heavy atom. The number of hydrogen-bond acceptors (Lipinski definition) is 4. The number of benzene rings is 2. The third kappa shape index (κ3) is 3.61. The topological polar surface area (TPSA) is 69.6 Å². The van der Waals surface area contributed by atoms with Gasteiger partial charge in [-0.1, -0.05) is 30.3 Å². The van der Waals surface area contributed by atoms with Crippen LogP contribution in [-0.2, 0) is 23.0 Å². The van der Waals surface area contributed by atoms with Crippen LogP contribution in [0.3, 0.4) is 0 Å². The normalized spacial score (nSPS) is 14.2. The molecule has 2 aromatic rings. The van der Waals surface area contributed by atoms with Crippen LogP contribution in [0, 0.1) is 0 Å². The lowest BCUT2D eigenvalue weighted by atomic mass is 10.0. The van der Waals surface area contributed by atoms with E-state index in [4.69, 9.17) is 0 Å². The van der Waals surface area contributed by atoms with E-state index in [1.165, 1.54) is 4.31 Å². The Morgan fingerprint density at radius 2 is 1.92 bits per heavy atom. The van der Waals surface area contributed by atoms with Gasteiger partial charge in [-0.05, 0) is 42.2 Å². The smallest absolute Gasteiger partial charge is 0.243 e. The Kier molecular flexibility index (Phi) is 5.18. The predicted octanol–water partition coefficient (Wildman–Crippen LogP) is 2.23. The lowest BCUT2D eigenvalue weighted by Gasteiger charge is -2.23. The van der Waals surface area contributed by atoms with Crippen molar-refractivity contribution in [2.24, 2.45) is 0 Å². The highest BCUT2D eigenvalue weighted by atomic mass is 32.2. The maximum absolute atomic E-state index is 13.0. The van der Waals surface area contributed by atoms with Gasteiger partial charge in [0.05, 0.1) is 11.5 Å². The van der Waals surface area contributed by atoms with E-state index in [9.17, 15) is 13.5 Å². The van der Waals surface area contributed by atoms with Crippen molar-refractivity contribution in [3.05, 3.63) is 59.7 Å². The van der Waals surface area contributed by atoms with Crippen molar-refractivity contribution in [2.75, 3.05) is 25.0 Å². The van der Waals surface area contributed by atoms with Gasteiger partial charge in [-0.25, -0.2) is 8.42 Å². The molecule has 1 aliphatic heterocycles. The number of sulfonamides is 1. The lowest BCUT2D eigenvalue weighted by Crippen LogP contribution is -2.33. The third-order valence-electron chi connectivity index (χ3n) is 4.20. The monoisotopic (exact) mass is 346 g/mol. The van der Waals surface area contributed by atoms with E-state index in [2.05, 4.69) is 5.32 Å². The first-order valence-electron chi connectivity index (χ1n) is 8.13. The van der Waals surface area contributed by atoms with Gasteiger partial charge in [-0.2, -0.15) is 4.31 Å². The van der Waals surface area contributed by atoms with Gasteiger partial charge in [0, 0.05) is 25.3 Å².